The van der Waals surface area contributed by atoms with Gasteiger partial charge >= 0.3 is 0 Å². The van der Waals surface area contributed by atoms with Gasteiger partial charge in [0, 0.05) is 15.0 Å². The fraction of sp³-hybridized carbons (Fsp3) is 0.154. The van der Waals surface area contributed by atoms with Crippen LogP contribution >= 0.6 is 49.9 Å². The molecule has 0 aliphatic rings. The van der Waals surface area contributed by atoms with E-state index in [0.29, 0.717) is 5.95 Å². The number of benzene rings is 1. The van der Waals surface area contributed by atoms with Gasteiger partial charge in [-0.2, -0.15) is 0 Å². The maximum atomic E-state index is 6.02. The summed E-state index contributed by atoms with van der Waals surface area (Å²) in [5.74, 6) is 0.590. The maximum absolute atomic E-state index is 6.02. The first-order valence-electron chi connectivity index (χ1n) is 5.79. The van der Waals surface area contributed by atoms with Crippen LogP contribution in [0.25, 0.3) is 11.0 Å². The van der Waals surface area contributed by atoms with Gasteiger partial charge in [-0.25, -0.2) is 4.98 Å². The molecular formula is C13H11BrIN3S. The summed E-state index contributed by atoms with van der Waals surface area (Å²) in [5.41, 5.74) is 8.09. The fourth-order valence-electron chi connectivity index (χ4n) is 2.06. The van der Waals surface area contributed by atoms with E-state index < -0.39 is 0 Å². The summed E-state index contributed by atoms with van der Waals surface area (Å²) in [6.45, 7) is 0.857. The third-order valence-electron chi connectivity index (χ3n) is 2.95. The van der Waals surface area contributed by atoms with Crippen LogP contribution in [0.1, 0.15) is 4.88 Å². The molecule has 0 unspecified atom stereocenters. The Bertz CT molecular complexity index is 735. The molecule has 6 heteroatoms. The van der Waals surface area contributed by atoms with Crippen molar-refractivity contribution in [2.24, 2.45) is 0 Å². The highest BCUT2D eigenvalue weighted by Gasteiger charge is 2.08. The number of aryl methyl sites for hydroxylation is 2. The summed E-state index contributed by atoms with van der Waals surface area (Å²) in [6, 6.07) is 10.5. The molecule has 0 fully saturated rings. The average molecular weight is 448 g/mol. The van der Waals surface area contributed by atoms with Gasteiger partial charge in [-0.1, -0.05) is 0 Å². The SMILES string of the molecule is Nc1nc2cc(I)ccc2n1CCc1ccc(Br)s1. The van der Waals surface area contributed by atoms with Crippen molar-refractivity contribution in [2.45, 2.75) is 13.0 Å². The van der Waals surface area contributed by atoms with Gasteiger partial charge in [-0.05, 0) is 75.3 Å². The first kappa shape index (κ1) is 13.4. The van der Waals surface area contributed by atoms with Gasteiger partial charge in [0.2, 0.25) is 5.95 Å². The molecule has 2 heterocycles. The molecule has 0 radical (unpaired) electrons. The Hall–Kier alpha value is -0.600. The van der Waals surface area contributed by atoms with Crippen LogP contribution in [0.3, 0.4) is 0 Å². The largest absolute Gasteiger partial charge is 0.369 e. The van der Waals surface area contributed by atoms with Crippen LogP contribution in [-0.4, -0.2) is 9.55 Å². The highest BCUT2D eigenvalue weighted by atomic mass is 127. The number of nitrogens with zero attached hydrogens (tertiary/aromatic N) is 2. The Balaban J connectivity index is 1.90. The van der Waals surface area contributed by atoms with E-state index >= 15 is 0 Å². The number of rotatable bonds is 3. The fourth-order valence-corrected chi connectivity index (χ4v) is 4.01. The second-order valence-corrected chi connectivity index (χ2v) is 8.00. The van der Waals surface area contributed by atoms with Crippen molar-refractivity contribution in [1.29, 1.82) is 0 Å². The number of fused-ring (bicyclic) bond motifs is 1. The van der Waals surface area contributed by atoms with Crippen LogP contribution in [-0.2, 0) is 13.0 Å². The number of anilines is 1. The molecular weight excluding hydrogens is 437 g/mol. The summed E-state index contributed by atoms with van der Waals surface area (Å²) in [6.07, 6.45) is 0.970. The van der Waals surface area contributed by atoms with E-state index in [-0.39, 0.29) is 0 Å². The molecule has 0 spiro atoms. The second kappa shape index (κ2) is 5.41. The van der Waals surface area contributed by atoms with Crippen molar-refractivity contribution in [2.75, 3.05) is 5.73 Å². The van der Waals surface area contributed by atoms with Gasteiger partial charge in [0.1, 0.15) is 0 Å². The Morgan fingerprint density at radius 1 is 1.32 bits per heavy atom. The van der Waals surface area contributed by atoms with Gasteiger partial charge in [0.15, 0.2) is 0 Å². The lowest BCUT2D eigenvalue weighted by atomic mass is 10.3. The molecule has 0 saturated heterocycles. The molecule has 0 aliphatic carbocycles. The number of hydrogen-bond donors (Lipinski definition) is 1. The zero-order valence-corrected chi connectivity index (χ0v) is 14.5. The van der Waals surface area contributed by atoms with E-state index in [4.69, 9.17) is 5.73 Å². The number of hydrogen-bond acceptors (Lipinski definition) is 3. The van der Waals surface area contributed by atoms with E-state index in [0.717, 1.165) is 24.0 Å². The molecule has 0 atom stereocenters. The monoisotopic (exact) mass is 447 g/mol. The summed E-state index contributed by atoms with van der Waals surface area (Å²) < 4.78 is 4.43. The third kappa shape index (κ3) is 2.80. The quantitative estimate of drug-likeness (QED) is 0.608. The molecule has 0 aliphatic heterocycles. The van der Waals surface area contributed by atoms with Gasteiger partial charge < -0.3 is 10.3 Å². The van der Waals surface area contributed by atoms with Crippen LogP contribution < -0.4 is 5.73 Å². The number of thiophene rings is 1. The number of nitrogens with two attached hydrogens (primary N) is 1. The van der Waals surface area contributed by atoms with Crippen LogP contribution in [0.4, 0.5) is 5.95 Å². The molecule has 3 nitrogen and oxygen atoms in total. The number of nitrogen functional groups attached to an aromatic ring is 1. The van der Waals surface area contributed by atoms with Gasteiger partial charge in [0.25, 0.3) is 0 Å². The Morgan fingerprint density at radius 2 is 2.16 bits per heavy atom. The zero-order chi connectivity index (χ0) is 13.4. The number of imidazole rings is 1. The standard InChI is InChI=1S/C13H11BrIN3S/c14-12-4-2-9(19-12)5-6-18-11-3-1-8(15)7-10(11)17-13(18)16/h1-4,7H,5-6H2,(H2,16,17). The smallest absolute Gasteiger partial charge is 0.201 e. The first-order chi connectivity index (χ1) is 9.13. The highest BCUT2D eigenvalue weighted by molar-refractivity contribution is 14.1. The molecule has 2 N–H and O–H groups in total. The topological polar surface area (TPSA) is 43.8 Å². The highest BCUT2D eigenvalue weighted by Crippen LogP contribution is 2.24. The lowest BCUT2D eigenvalue weighted by molar-refractivity contribution is 0.733. The molecule has 19 heavy (non-hydrogen) atoms. The minimum Gasteiger partial charge on any atom is -0.369 e. The van der Waals surface area contributed by atoms with Crippen molar-refractivity contribution in [3.8, 4) is 0 Å². The summed E-state index contributed by atoms with van der Waals surface area (Å²) in [5, 5.41) is 0. The maximum Gasteiger partial charge on any atom is 0.201 e. The zero-order valence-electron chi connectivity index (χ0n) is 9.94. The third-order valence-corrected chi connectivity index (χ3v) is 5.30. The predicted octanol–water partition coefficient (Wildman–Crippen LogP) is 4.29. The van der Waals surface area contributed by atoms with E-state index in [9.17, 15) is 0 Å². The molecule has 0 bridgehead atoms. The number of halogens is 2. The van der Waals surface area contributed by atoms with Gasteiger partial charge in [-0.15, -0.1) is 11.3 Å². The van der Waals surface area contributed by atoms with Crippen molar-refractivity contribution in [3.05, 3.63) is 42.6 Å². The molecule has 3 aromatic rings. The Morgan fingerprint density at radius 3 is 2.89 bits per heavy atom. The summed E-state index contributed by atoms with van der Waals surface area (Å²) >= 11 is 7.54. The lowest BCUT2D eigenvalue weighted by Crippen LogP contribution is -2.05. The van der Waals surface area contributed by atoms with Crippen molar-refractivity contribution < 1.29 is 0 Å². The second-order valence-electron chi connectivity index (χ2n) is 4.21. The number of aromatic nitrogens is 2. The predicted molar refractivity (Wildman–Crippen MR) is 92.6 cm³/mol. The van der Waals surface area contributed by atoms with E-state index in [1.165, 1.54) is 12.2 Å². The van der Waals surface area contributed by atoms with Crippen molar-refractivity contribution in [3.63, 3.8) is 0 Å². The Labute approximate surface area is 137 Å². The van der Waals surface area contributed by atoms with Crippen molar-refractivity contribution >= 4 is 66.8 Å². The molecule has 1 aromatic carbocycles. The van der Waals surface area contributed by atoms with Gasteiger partial charge in [-0.3, -0.25) is 0 Å². The summed E-state index contributed by atoms with van der Waals surface area (Å²) in [7, 11) is 0. The normalized spacial score (nSPS) is 11.3. The molecule has 0 saturated carbocycles. The van der Waals surface area contributed by atoms with Crippen LogP contribution in [0.5, 0.6) is 0 Å². The van der Waals surface area contributed by atoms with E-state index in [1.807, 2.05) is 0 Å². The van der Waals surface area contributed by atoms with Crippen LogP contribution in [0, 0.1) is 3.57 Å². The lowest BCUT2D eigenvalue weighted by Gasteiger charge is -2.05. The Kier molecular flexibility index (Phi) is 3.81. The molecule has 98 valence electrons. The minimum atomic E-state index is 0.590. The molecule has 3 rings (SSSR count). The van der Waals surface area contributed by atoms with Crippen LogP contribution in [0.15, 0.2) is 34.1 Å². The van der Waals surface area contributed by atoms with E-state index in [2.05, 4.69) is 78.4 Å². The molecule has 2 aromatic heterocycles. The van der Waals surface area contributed by atoms with Crippen LogP contribution in [0.2, 0.25) is 0 Å². The summed E-state index contributed by atoms with van der Waals surface area (Å²) in [4.78, 5) is 5.77. The first-order valence-corrected chi connectivity index (χ1v) is 8.48. The molecule has 0 amide bonds. The average Bonchev–Trinajstić information content (AvgIpc) is 2.89. The van der Waals surface area contributed by atoms with Gasteiger partial charge in [0.05, 0.1) is 14.8 Å². The van der Waals surface area contributed by atoms with E-state index in [1.54, 1.807) is 11.3 Å². The minimum absolute atomic E-state index is 0.590. The van der Waals surface area contributed by atoms with Crippen molar-refractivity contribution in [1.82, 2.24) is 9.55 Å².